The van der Waals surface area contributed by atoms with E-state index < -0.39 is 0 Å². The van der Waals surface area contributed by atoms with Gasteiger partial charge in [0, 0.05) is 18.5 Å². The summed E-state index contributed by atoms with van der Waals surface area (Å²) >= 11 is 1.42. The molecule has 1 fully saturated rings. The summed E-state index contributed by atoms with van der Waals surface area (Å²) in [5.41, 5.74) is 2.15. The van der Waals surface area contributed by atoms with Gasteiger partial charge >= 0.3 is 0 Å². The van der Waals surface area contributed by atoms with E-state index in [4.69, 9.17) is 4.74 Å². The minimum atomic E-state index is -0.113. The van der Waals surface area contributed by atoms with Gasteiger partial charge in [0.05, 0.1) is 24.4 Å². The van der Waals surface area contributed by atoms with Gasteiger partial charge < -0.3 is 10.1 Å². The van der Waals surface area contributed by atoms with Crippen molar-refractivity contribution >= 4 is 17.2 Å². The number of carbonyl (C=O) groups excluding carboxylic acids is 1. The molecule has 6 heteroatoms. The van der Waals surface area contributed by atoms with Gasteiger partial charge in [-0.3, -0.25) is 9.69 Å². The normalized spacial score (nSPS) is 25.8. The van der Waals surface area contributed by atoms with Crippen LogP contribution in [0.4, 0.5) is 0 Å². The third kappa shape index (κ3) is 3.49. The van der Waals surface area contributed by atoms with E-state index in [0.29, 0.717) is 12.4 Å². The molecular weight excluding hydrogens is 238 g/mol. The van der Waals surface area contributed by atoms with Crippen LogP contribution < -0.4 is 5.32 Å². The molecule has 1 aliphatic heterocycles. The van der Waals surface area contributed by atoms with E-state index in [1.807, 2.05) is 13.8 Å². The number of ether oxygens (including phenoxy) is 1. The molecule has 1 N–H and O–H groups in total. The molecule has 0 saturated carbocycles. The van der Waals surface area contributed by atoms with Crippen molar-refractivity contribution in [2.75, 3.05) is 19.8 Å². The van der Waals surface area contributed by atoms with E-state index in [1.54, 1.807) is 10.9 Å². The van der Waals surface area contributed by atoms with Gasteiger partial charge in [-0.1, -0.05) is 0 Å². The van der Waals surface area contributed by atoms with Crippen LogP contribution in [0.2, 0.25) is 0 Å². The number of carbonyl (C=O) groups is 1. The summed E-state index contributed by atoms with van der Waals surface area (Å²) in [6, 6.07) is 0. The molecular formula is C11H17N3O2S. The van der Waals surface area contributed by atoms with Crippen molar-refractivity contribution < 1.29 is 9.53 Å². The molecule has 2 unspecified atom stereocenters. The summed E-state index contributed by atoms with van der Waals surface area (Å²) in [6.07, 6.45) is 0.435. The maximum Gasteiger partial charge on any atom is 0.271 e. The third-order valence-corrected chi connectivity index (χ3v) is 3.21. The van der Waals surface area contributed by atoms with Crippen molar-refractivity contribution in [3.05, 3.63) is 16.6 Å². The van der Waals surface area contributed by atoms with Crippen LogP contribution in [0, 0.1) is 0 Å². The van der Waals surface area contributed by atoms with Gasteiger partial charge in [0.1, 0.15) is 5.69 Å². The van der Waals surface area contributed by atoms with Crippen LogP contribution in [0.3, 0.4) is 0 Å². The number of hydrogen-bond donors (Lipinski definition) is 1. The van der Waals surface area contributed by atoms with E-state index in [2.05, 4.69) is 15.2 Å². The van der Waals surface area contributed by atoms with Crippen LogP contribution in [0.1, 0.15) is 24.3 Å². The molecule has 0 radical (unpaired) electrons. The topological polar surface area (TPSA) is 54.5 Å². The first-order valence-electron chi connectivity index (χ1n) is 5.69. The van der Waals surface area contributed by atoms with E-state index in [1.165, 1.54) is 11.3 Å². The van der Waals surface area contributed by atoms with Crippen LogP contribution in [0.5, 0.6) is 0 Å². The summed E-state index contributed by atoms with van der Waals surface area (Å²) in [4.78, 5) is 17.8. The molecule has 1 aromatic rings. The zero-order valence-electron chi connectivity index (χ0n) is 10.0. The molecule has 2 heterocycles. The lowest BCUT2D eigenvalue weighted by atomic mass is 10.2. The Morgan fingerprint density at radius 3 is 2.88 bits per heavy atom. The second-order valence-electron chi connectivity index (χ2n) is 4.33. The highest BCUT2D eigenvalue weighted by atomic mass is 32.1. The number of nitrogens with one attached hydrogen (secondary N) is 1. The Morgan fingerprint density at radius 1 is 1.59 bits per heavy atom. The SMILES string of the molecule is CC1CN(CNC(=O)c2cscn2)CC(C)O1. The first-order chi connectivity index (χ1) is 8.15. The van der Waals surface area contributed by atoms with Crippen LogP contribution in [-0.2, 0) is 4.74 Å². The van der Waals surface area contributed by atoms with Crippen molar-refractivity contribution in [2.45, 2.75) is 26.1 Å². The molecule has 0 bridgehead atoms. The van der Waals surface area contributed by atoms with Gasteiger partial charge in [0.15, 0.2) is 0 Å². The van der Waals surface area contributed by atoms with Crippen molar-refractivity contribution in [2.24, 2.45) is 0 Å². The van der Waals surface area contributed by atoms with Gasteiger partial charge in [-0.25, -0.2) is 4.98 Å². The number of morpholine rings is 1. The molecule has 17 heavy (non-hydrogen) atoms. The van der Waals surface area contributed by atoms with Crippen molar-refractivity contribution in [3.8, 4) is 0 Å². The molecule has 0 aliphatic carbocycles. The van der Waals surface area contributed by atoms with Gasteiger partial charge in [-0.15, -0.1) is 11.3 Å². The van der Waals surface area contributed by atoms with Crippen LogP contribution in [0.25, 0.3) is 0 Å². The quantitative estimate of drug-likeness (QED) is 0.873. The predicted molar refractivity (Wildman–Crippen MR) is 66.0 cm³/mol. The van der Waals surface area contributed by atoms with Crippen molar-refractivity contribution in [1.29, 1.82) is 0 Å². The summed E-state index contributed by atoms with van der Waals surface area (Å²) in [6.45, 7) is 6.34. The van der Waals surface area contributed by atoms with E-state index in [9.17, 15) is 4.79 Å². The molecule has 5 nitrogen and oxygen atoms in total. The highest BCUT2D eigenvalue weighted by Gasteiger charge is 2.22. The molecule has 2 rings (SSSR count). The Balaban J connectivity index is 1.80. The average Bonchev–Trinajstić information content (AvgIpc) is 2.78. The maximum absolute atomic E-state index is 11.7. The highest BCUT2D eigenvalue weighted by molar-refractivity contribution is 7.07. The number of thiazole rings is 1. The molecule has 1 aromatic heterocycles. The zero-order chi connectivity index (χ0) is 12.3. The fourth-order valence-electron chi connectivity index (χ4n) is 2.01. The molecule has 0 spiro atoms. The zero-order valence-corrected chi connectivity index (χ0v) is 10.9. The van der Waals surface area contributed by atoms with Gasteiger partial charge in [0.25, 0.3) is 5.91 Å². The highest BCUT2D eigenvalue weighted by Crippen LogP contribution is 2.09. The van der Waals surface area contributed by atoms with E-state index >= 15 is 0 Å². The standard InChI is InChI=1S/C11H17N3O2S/c1-8-3-14(4-9(2)16-8)6-12-11(15)10-5-17-7-13-10/h5,7-9H,3-4,6H2,1-2H3,(H,12,15). The fourth-order valence-corrected chi connectivity index (χ4v) is 2.54. The first-order valence-corrected chi connectivity index (χ1v) is 6.63. The Bertz CT molecular complexity index is 359. The summed E-state index contributed by atoms with van der Waals surface area (Å²) in [5.74, 6) is -0.113. The van der Waals surface area contributed by atoms with Crippen LogP contribution in [-0.4, -0.2) is 47.8 Å². The largest absolute Gasteiger partial charge is 0.373 e. The minimum Gasteiger partial charge on any atom is -0.373 e. The average molecular weight is 255 g/mol. The molecule has 1 amide bonds. The fraction of sp³-hybridized carbons (Fsp3) is 0.636. The van der Waals surface area contributed by atoms with Crippen LogP contribution >= 0.6 is 11.3 Å². The molecule has 2 atom stereocenters. The second kappa shape index (κ2) is 5.57. The third-order valence-electron chi connectivity index (χ3n) is 2.62. The first kappa shape index (κ1) is 12.5. The number of aromatic nitrogens is 1. The minimum absolute atomic E-state index is 0.113. The van der Waals surface area contributed by atoms with Crippen molar-refractivity contribution in [1.82, 2.24) is 15.2 Å². The smallest absolute Gasteiger partial charge is 0.271 e. The predicted octanol–water partition coefficient (Wildman–Crippen LogP) is 0.940. The Kier molecular flexibility index (Phi) is 4.09. The lowest BCUT2D eigenvalue weighted by Crippen LogP contribution is -2.49. The molecule has 0 aromatic carbocycles. The lowest BCUT2D eigenvalue weighted by molar-refractivity contribution is -0.0692. The summed E-state index contributed by atoms with van der Waals surface area (Å²) < 4.78 is 5.63. The lowest BCUT2D eigenvalue weighted by Gasteiger charge is -2.35. The molecule has 1 aliphatic rings. The number of rotatable bonds is 3. The molecule has 94 valence electrons. The van der Waals surface area contributed by atoms with E-state index in [0.717, 1.165) is 13.1 Å². The second-order valence-corrected chi connectivity index (χ2v) is 5.05. The van der Waals surface area contributed by atoms with E-state index in [-0.39, 0.29) is 18.1 Å². The maximum atomic E-state index is 11.7. The summed E-state index contributed by atoms with van der Waals surface area (Å²) in [7, 11) is 0. The Hall–Kier alpha value is -0.980. The number of nitrogens with zero attached hydrogens (tertiary/aromatic N) is 2. The van der Waals surface area contributed by atoms with Crippen LogP contribution in [0.15, 0.2) is 10.9 Å². The molecule has 1 saturated heterocycles. The van der Waals surface area contributed by atoms with Gasteiger partial charge in [0.2, 0.25) is 0 Å². The Morgan fingerprint density at radius 2 is 2.29 bits per heavy atom. The summed E-state index contributed by atoms with van der Waals surface area (Å²) in [5, 5.41) is 4.62. The Labute approximate surface area is 105 Å². The number of amides is 1. The number of hydrogen-bond acceptors (Lipinski definition) is 5. The van der Waals surface area contributed by atoms with Crippen molar-refractivity contribution in [3.63, 3.8) is 0 Å². The monoisotopic (exact) mass is 255 g/mol. The van der Waals surface area contributed by atoms with Gasteiger partial charge in [-0.2, -0.15) is 0 Å². The van der Waals surface area contributed by atoms with Gasteiger partial charge in [-0.05, 0) is 13.8 Å².